The van der Waals surface area contributed by atoms with Crippen molar-refractivity contribution in [2.45, 2.75) is 63.6 Å². The minimum Gasteiger partial charge on any atom is -0.395 e. The molecule has 4 nitrogen and oxygen atoms in total. The first-order chi connectivity index (χ1) is 9.35. The molecule has 1 saturated heterocycles. The first kappa shape index (κ1) is 15.2. The molecular weight excluding hydrogens is 240 g/mol. The van der Waals surface area contributed by atoms with Crippen molar-refractivity contribution in [3.05, 3.63) is 0 Å². The van der Waals surface area contributed by atoms with Gasteiger partial charge in [0.2, 0.25) is 0 Å². The van der Waals surface area contributed by atoms with Crippen LogP contribution in [0.4, 0.5) is 0 Å². The number of fused-ring (bicyclic) bond motifs is 1. The second-order valence-electron chi connectivity index (χ2n) is 5.92. The molecule has 1 aliphatic carbocycles. The Balaban J connectivity index is 1.76. The van der Waals surface area contributed by atoms with Crippen LogP contribution in [-0.4, -0.2) is 61.0 Å². The summed E-state index contributed by atoms with van der Waals surface area (Å²) in [6.45, 7) is 6.45. The van der Waals surface area contributed by atoms with Crippen molar-refractivity contribution in [2.75, 3.05) is 32.8 Å². The highest BCUT2D eigenvalue weighted by Crippen LogP contribution is 2.28. The van der Waals surface area contributed by atoms with Gasteiger partial charge in [0.25, 0.3) is 0 Å². The number of ether oxygens (including phenoxy) is 1. The maximum atomic E-state index is 9.41. The van der Waals surface area contributed by atoms with E-state index in [1.54, 1.807) is 0 Å². The van der Waals surface area contributed by atoms with Gasteiger partial charge in [0.1, 0.15) is 0 Å². The van der Waals surface area contributed by atoms with E-state index in [4.69, 9.17) is 4.74 Å². The molecule has 0 radical (unpaired) electrons. The third-order valence-corrected chi connectivity index (χ3v) is 4.52. The lowest BCUT2D eigenvalue weighted by Gasteiger charge is -2.44. The number of hydrogen-bond acceptors (Lipinski definition) is 4. The lowest BCUT2D eigenvalue weighted by molar-refractivity contribution is -0.0889. The van der Waals surface area contributed by atoms with Crippen molar-refractivity contribution in [1.82, 2.24) is 10.2 Å². The van der Waals surface area contributed by atoms with Gasteiger partial charge in [-0.25, -0.2) is 0 Å². The summed E-state index contributed by atoms with van der Waals surface area (Å²) in [7, 11) is 0. The number of morpholine rings is 1. The Bertz CT molecular complexity index is 248. The lowest BCUT2D eigenvalue weighted by Crippen LogP contribution is -2.53. The quantitative estimate of drug-likeness (QED) is 0.733. The fourth-order valence-corrected chi connectivity index (χ4v) is 3.38. The predicted octanol–water partition coefficient (Wildman–Crippen LogP) is 1.38. The summed E-state index contributed by atoms with van der Waals surface area (Å²) in [5.74, 6) is 0. The number of nitrogens with zero attached hydrogens (tertiary/aromatic N) is 1. The van der Waals surface area contributed by atoms with Gasteiger partial charge in [0, 0.05) is 25.2 Å². The molecule has 3 atom stereocenters. The second kappa shape index (κ2) is 8.20. The van der Waals surface area contributed by atoms with Crippen molar-refractivity contribution in [3.63, 3.8) is 0 Å². The molecular formula is C15H30N2O2. The smallest absolute Gasteiger partial charge is 0.0730 e. The van der Waals surface area contributed by atoms with Crippen molar-refractivity contribution >= 4 is 0 Å². The fraction of sp³-hybridized carbons (Fsp3) is 1.00. The number of hydrogen-bond donors (Lipinski definition) is 2. The van der Waals surface area contributed by atoms with E-state index in [0.717, 1.165) is 39.1 Å². The SMILES string of the molecule is CCCNC(CO)CCN1CCOC2CCCCC21. The Morgan fingerprint density at radius 1 is 1.37 bits per heavy atom. The van der Waals surface area contributed by atoms with Crippen LogP contribution in [-0.2, 0) is 4.74 Å². The fourth-order valence-electron chi connectivity index (χ4n) is 3.38. The van der Waals surface area contributed by atoms with Gasteiger partial charge in [-0.1, -0.05) is 19.8 Å². The zero-order chi connectivity index (χ0) is 13.5. The van der Waals surface area contributed by atoms with Gasteiger partial charge < -0.3 is 15.2 Å². The summed E-state index contributed by atoms with van der Waals surface area (Å²) < 4.78 is 5.90. The lowest BCUT2D eigenvalue weighted by atomic mass is 9.90. The molecule has 2 aliphatic rings. The van der Waals surface area contributed by atoms with Crippen LogP contribution in [0.1, 0.15) is 45.4 Å². The van der Waals surface area contributed by atoms with E-state index in [1.807, 2.05) is 0 Å². The minimum absolute atomic E-state index is 0.248. The third-order valence-electron chi connectivity index (χ3n) is 4.52. The Kier molecular flexibility index (Phi) is 6.57. The third kappa shape index (κ3) is 4.42. The Morgan fingerprint density at radius 3 is 3.00 bits per heavy atom. The molecule has 1 saturated carbocycles. The molecule has 1 aliphatic heterocycles. The number of aliphatic hydroxyl groups is 1. The van der Waals surface area contributed by atoms with Gasteiger partial charge in [-0.2, -0.15) is 0 Å². The first-order valence-corrected chi connectivity index (χ1v) is 8.05. The second-order valence-corrected chi connectivity index (χ2v) is 5.92. The van der Waals surface area contributed by atoms with Gasteiger partial charge in [-0.05, 0) is 32.2 Å². The van der Waals surface area contributed by atoms with Crippen LogP contribution in [0.15, 0.2) is 0 Å². The average Bonchev–Trinajstić information content (AvgIpc) is 2.47. The van der Waals surface area contributed by atoms with Crippen molar-refractivity contribution in [2.24, 2.45) is 0 Å². The summed E-state index contributed by atoms with van der Waals surface area (Å²) in [5.41, 5.74) is 0. The predicted molar refractivity (Wildman–Crippen MR) is 77.4 cm³/mol. The van der Waals surface area contributed by atoms with Crippen molar-refractivity contribution < 1.29 is 9.84 Å². The van der Waals surface area contributed by atoms with Gasteiger partial charge in [0.15, 0.2) is 0 Å². The molecule has 1 heterocycles. The highest BCUT2D eigenvalue weighted by molar-refractivity contribution is 4.87. The Morgan fingerprint density at radius 2 is 2.21 bits per heavy atom. The van der Waals surface area contributed by atoms with Crippen molar-refractivity contribution in [3.8, 4) is 0 Å². The molecule has 19 heavy (non-hydrogen) atoms. The highest BCUT2D eigenvalue weighted by Gasteiger charge is 2.33. The number of rotatable bonds is 7. The van der Waals surface area contributed by atoms with Crippen LogP contribution in [0.2, 0.25) is 0 Å². The molecule has 0 aromatic heterocycles. The molecule has 2 fully saturated rings. The topological polar surface area (TPSA) is 44.7 Å². The van der Waals surface area contributed by atoms with Crippen LogP contribution in [0.3, 0.4) is 0 Å². The normalized spacial score (nSPS) is 30.0. The van der Waals surface area contributed by atoms with Crippen LogP contribution in [0, 0.1) is 0 Å². The summed E-state index contributed by atoms with van der Waals surface area (Å²) in [6, 6.07) is 0.887. The molecule has 4 heteroatoms. The van der Waals surface area contributed by atoms with Crippen LogP contribution in [0.25, 0.3) is 0 Å². The van der Waals surface area contributed by atoms with E-state index < -0.39 is 0 Å². The van der Waals surface area contributed by atoms with Crippen molar-refractivity contribution in [1.29, 1.82) is 0 Å². The summed E-state index contributed by atoms with van der Waals surface area (Å²) in [4.78, 5) is 2.60. The maximum absolute atomic E-state index is 9.41. The highest BCUT2D eigenvalue weighted by atomic mass is 16.5. The first-order valence-electron chi connectivity index (χ1n) is 8.05. The number of nitrogens with one attached hydrogen (secondary N) is 1. The molecule has 2 N–H and O–H groups in total. The minimum atomic E-state index is 0.248. The van der Waals surface area contributed by atoms with E-state index in [1.165, 1.54) is 25.7 Å². The molecule has 3 unspecified atom stereocenters. The molecule has 112 valence electrons. The van der Waals surface area contributed by atoms with Gasteiger partial charge in [0.05, 0.1) is 19.3 Å². The molecule has 0 aromatic carbocycles. The molecule has 0 spiro atoms. The van der Waals surface area contributed by atoms with E-state index >= 15 is 0 Å². The monoisotopic (exact) mass is 270 g/mol. The average molecular weight is 270 g/mol. The Labute approximate surface area is 117 Å². The summed E-state index contributed by atoms with van der Waals surface area (Å²) in [5, 5.41) is 12.8. The van der Waals surface area contributed by atoms with Gasteiger partial charge >= 0.3 is 0 Å². The van der Waals surface area contributed by atoms with E-state index in [9.17, 15) is 5.11 Å². The zero-order valence-electron chi connectivity index (χ0n) is 12.3. The molecule has 0 bridgehead atoms. The van der Waals surface area contributed by atoms with Gasteiger partial charge in [-0.3, -0.25) is 4.90 Å². The van der Waals surface area contributed by atoms with Crippen LogP contribution in [0.5, 0.6) is 0 Å². The van der Waals surface area contributed by atoms with Gasteiger partial charge in [-0.15, -0.1) is 0 Å². The summed E-state index contributed by atoms with van der Waals surface area (Å²) >= 11 is 0. The standard InChI is InChI=1S/C15H30N2O2/c1-2-8-16-13(12-18)7-9-17-10-11-19-15-6-4-3-5-14(15)17/h13-16,18H,2-12H2,1H3. The van der Waals surface area contributed by atoms with Crippen LogP contribution >= 0.6 is 0 Å². The number of aliphatic hydroxyl groups excluding tert-OH is 1. The Hall–Kier alpha value is -0.160. The zero-order valence-corrected chi connectivity index (χ0v) is 12.3. The summed E-state index contributed by atoms with van der Waals surface area (Å²) in [6.07, 6.45) is 7.83. The van der Waals surface area contributed by atoms with E-state index in [0.29, 0.717) is 12.1 Å². The van der Waals surface area contributed by atoms with E-state index in [2.05, 4.69) is 17.1 Å². The molecule has 2 rings (SSSR count). The maximum Gasteiger partial charge on any atom is 0.0730 e. The molecule has 0 amide bonds. The largest absolute Gasteiger partial charge is 0.395 e. The van der Waals surface area contributed by atoms with E-state index in [-0.39, 0.29) is 12.6 Å². The van der Waals surface area contributed by atoms with Crippen LogP contribution < -0.4 is 5.32 Å². The molecule has 0 aromatic rings.